The van der Waals surface area contributed by atoms with Crippen molar-refractivity contribution in [3.8, 4) is 11.5 Å². The van der Waals surface area contributed by atoms with Crippen LogP contribution in [0.1, 0.15) is 16.7 Å². The number of benzene rings is 1. The van der Waals surface area contributed by atoms with E-state index in [1.54, 1.807) is 24.3 Å². The highest BCUT2D eigenvalue weighted by Gasteiger charge is 2.28. The van der Waals surface area contributed by atoms with Crippen LogP contribution in [0.2, 0.25) is 0 Å². The average molecular weight is 422 g/mol. The number of hydrogen-bond acceptors (Lipinski definition) is 6. The number of hydrogen-bond donors (Lipinski definition) is 0. The Labute approximate surface area is 166 Å². The van der Waals surface area contributed by atoms with Crippen LogP contribution < -0.4 is 13.8 Å². The molecule has 0 spiro atoms. The summed E-state index contributed by atoms with van der Waals surface area (Å²) in [7, 11) is -3.68. The normalized spacial score (nSPS) is 13.5. The first kappa shape index (κ1) is 18.3. The summed E-state index contributed by atoms with van der Waals surface area (Å²) >= 11 is 2.86. The van der Waals surface area contributed by atoms with Crippen molar-refractivity contribution in [3.05, 3.63) is 57.6 Å². The molecule has 0 bridgehead atoms. The number of thiophene rings is 2. The van der Waals surface area contributed by atoms with Crippen LogP contribution in [-0.4, -0.2) is 21.6 Å². The topological polar surface area (TPSA) is 55.8 Å². The Morgan fingerprint density at radius 2 is 1.85 bits per heavy atom. The number of ether oxygens (including phenoxy) is 2. The van der Waals surface area contributed by atoms with Gasteiger partial charge in [0.15, 0.2) is 11.5 Å². The molecule has 0 unspecified atom stereocenters. The molecular formula is C19H19NO4S3. The van der Waals surface area contributed by atoms with E-state index in [9.17, 15) is 8.42 Å². The van der Waals surface area contributed by atoms with Gasteiger partial charge < -0.3 is 9.47 Å². The fourth-order valence-electron chi connectivity index (χ4n) is 2.84. The number of rotatable bonds is 6. The van der Waals surface area contributed by atoms with E-state index < -0.39 is 10.0 Å². The van der Waals surface area contributed by atoms with Crippen molar-refractivity contribution in [1.82, 2.24) is 0 Å². The van der Waals surface area contributed by atoms with Gasteiger partial charge in [-0.25, -0.2) is 8.42 Å². The summed E-state index contributed by atoms with van der Waals surface area (Å²) < 4.78 is 39.9. The van der Waals surface area contributed by atoms with Gasteiger partial charge in [0.25, 0.3) is 10.0 Å². The van der Waals surface area contributed by atoms with Gasteiger partial charge in [-0.3, -0.25) is 4.31 Å². The second-order valence-electron chi connectivity index (χ2n) is 5.99. The predicted octanol–water partition coefficient (Wildman–Crippen LogP) is 4.54. The van der Waals surface area contributed by atoms with Crippen molar-refractivity contribution in [2.24, 2.45) is 0 Å². The lowest BCUT2D eigenvalue weighted by Gasteiger charge is -2.25. The lowest BCUT2D eigenvalue weighted by atomic mass is 10.2. The van der Waals surface area contributed by atoms with E-state index in [-0.39, 0.29) is 6.54 Å². The van der Waals surface area contributed by atoms with Crippen LogP contribution in [0.4, 0.5) is 5.69 Å². The van der Waals surface area contributed by atoms with E-state index in [0.29, 0.717) is 34.6 Å². The number of fused-ring (bicyclic) bond motifs is 1. The molecule has 0 amide bonds. The lowest BCUT2D eigenvalue weighted by molar-refractivity contribution is 0.171. The Balaban J connectivity index is 1.77. The molecule has 0 N–H and O–H groups in total. The number of nitrogens with zero attached hydrogens (tertiary/aromatic N) is 1. The molecule has 2 aromatic heterocycles. The smallest absolute Gasteiger partial charge is 0.274 e. The van der Waals surface area contributed by atoms with Gasteiger partial charge in [0.1, 0.15) is 17.4 Å². The summed E-state index contributed by atoms with van der Waals surface area (Å²) in [6, 6.07) is 12.7. The van der Waals surface area contributed by atoms with Crippen LogP contribution in [0.15, 0.2) is 52.1 Å². The molecule has 0 saturated heterocycles. The molecule has 142 valence electrons. The van der Waals surface area contributed by atoms with Crippen molar-refractivity contribution in [2.75, 3.05) is 17.5 Å². The quantitative estimate of drug-likeness (QED) is 0.586. The Morgan fingerprint density at radius 1 is 1.04 bits per heavy atom. The molecule has 5 nitrogen and oxygen atoms in total. The Bertz CT molecular complexity index is 1030. The summed E-state index contributed by atoms with van der Waals surface area (Å²) in [5, 5.41) is 1.95. The molecule has 0 aliphatic carbocycles. The average Bonchev–Trinajstić information content (AvgIpc) is 3.37. The third-order valence-corrected chi connectivity index (χ3v) is 8.56. The zero-order valence-corrected chi connectivity index (χ0v) is 17.2. The lowest BCUT2D eigenvalue weighted by Crippen LogP contribution is -2.30. The van der Waals surface area contributed by atoms with Gasteiger partial charge in [-0.05, 0) is 42.1 Å². The molecule has 4 rings (SSSR count). The summed E-state index contributed by atoms with van der Waals surface area (Å²) in [6.45, 7) is 3.25. The zero-order chi connectivity index (χ0) is 18.9. The minimum atomic E-state index is -3.68. The predicted molar refractivity (Wildman–Crippen MR) is 109 cm³/mol. The number of anilines is 1. The molecule has 3 heterocycles. The van der Waals surface area contributed by atoms with E-state index in [1.165, 1.54) is 27.0 Å². The third-order valence-electron chi connectivity index (χ3n) is 4.22. The molecule has 0 radical (unpaired) electrons. The van der Waals surface area contributed by atoms with Crippen molar-refractivity contribution in [1.29, 1.82) is 0 Å². The maximum atomic E-state index is 13.4. The van der Waals surface area contributed by atoms with Crippen LogP contribution in [-0.2, 0) is 23.0 Å². The second kappa shape index (κ2) is 7.53. The summed E-state index contributed by atoms with van der Waals surface area (Å²) in [4.78, 5) is 2.02. The standard InChI is InChI=1S/C19H19NO4S3/c1-2-15-6-8-19(26-15)27(21,22)20(13-16-4-3-11-25-16)14-5-7-17-18(12-14)24-10-9-23-17/h3-8,11-12H,2,9-10,13H2,1H3. The minimum Gasteiger partial charge on any atom is -0.486 e. The maximum Gasteiger partial charge on any atom is 0.274 e. The van der Waals surface area contributed by atoms with Crippen LogP contribution in [0.3, 0.4) is 0 Å². The Hall–Kier alpha value is -2.03. The largest absolute Gasteiger partial charge is 0.486 e. The van der Waals surface area contributed by atoms with Gasteiger partial charge in [-0.1, -0.05) is 13.0 Å². The van der Waals surface area contributed by atoms with E-state index in [1.807, 2.05) is 30.5 Å². The van der Waals surface area contributed by atoms with Crippen LogP contribution in [0, 0.1) is 0 Å². The molecule has 0 fully saturated rings. The monoisotopic (exact) mass is 421 g/mol. The second-order valence-corrected chi connectivity index (χ2v) is 10.3. The fraction of sp³-hybridized carbons (Fsp3) is 0.263. The van der Waals surface area contributed by atoms with Crippen molar-refractivity contribution >= 4 is 38.4 Å². The Morgan fingerprint density at radius 3 is 2.56 bits per heavy atom. The van der Waals surface area contributed by atoms with Gasteiger partial charge >= 0.3 is 0 Å². The van der Waals surface area contributed by atoms with Crippen LogP contribution in [0.25, 0.3) is 0 Å². The fourth-order valence-corrected chi connectivity index (χ4v) is 6.46. The maximum absolute atomic E-state index is 13.4. The first-order valence-electron chi connectivity index (χ1n) is 8.61. The zero-order valence-electron chi connectivity index (χ0n) is 14.8. The SMILES string of the molecule is CCc1ccc(S(=O)(=O)N(Cc2cccs2)c2ccc3c(c2)OCCO3)s1. The molecule has 3 aromatic rings. The highest BCUT2D eigenvalue weighted by Crippen LogP contribution is 2.37. The molecule has 8 heteroatoms. The van der Waals surface area contributed by atoms with Gasteiger partial charge in [0, 0.05) is 15.8 Å². The summed E-state index contributed by atoms with van der Waals surface area (Å²) in [6.07, 6.45) is 0.815. The van der Waals surface area contributed by atoms with Crippen LogP contribution in [0.5, 0.6) is 11.5 Å². The van der Waals surface area contributed by atoms with Crippen molar-refractivity contribution < 1.29 is 17.9 Å². The number of aryl methyl sites for hydroxylation is 1. The van der Waals surface area contributed by atoms with E-state index in [2.05, 4.69) is 0 Å². The summed E-state index contributed by atoms with van der Waals surface area (Å²) in [5.74, 6) is 1.22. The van der Waals surface area contributed by atoms with Crippen molar-refractivity contribution in [2.45, 2.75) is 24.1 Å². The highest BCUT2D eigenvalue weighted by molar-refractivity contribution is 7.94. The van der Waals surface area contributed by atoms with Crippen molar-refractivity contribution in [3.63, 3.8) is 0 Å². The van der Waals surface area contributed by atoms with Gasteiger partial charge in [-0.15, -0.1) is 22.7 Å². The van der Waals surface area contributed by atoms with Crippen LogP contribution >= 0.6 is 22.7 Å². The van der Waals surface area contributed by atoms with E-state index in [0.717, 1.165) is 16.2 Å². The first-order valence-corrected chi connectivity index (χ1v) is 11.7. The van der Waals surface area contributed by atoms with Gasteiger partial charge in [0.05, 0.1) is 12.2 Å². The van der Waals surface area contributed by atoms with Gasteiger partial charge in [0.2, 0.25) is 0 Å². The molecular weight excluding hydrogens is 402 g/mol. The Kier molecular flexibility index (Phi) is 5.12. The number of sulfonamides is 1. The van der Waals surface area contributed by atoms with E-state index >= 15 is 0 Å². The van der Waals surface area contributed by atoms with Gasteiger partial charge in [-0.2, -0.15) is 0 Å². The first-order chi connectivity index (χ1) is 13.1. The van der Waals surface area contributed by atoms with E-state index in [4.69, 9.17) is 9.47 Å². The summed E-state index contributed by atoms with van der Waals surface area (Å²) in [5.41, 5.74) is 0.569. The molecule has 1 aliphatic heterocycles. The highest BCUT2D eigenvalue weighted by atomic mass is 32.2. The molecule has 27 heavy (non-hydrogen) atoms. The molecule has 0 atom stereocenters. The minimum absolute atomic E-state index is 0.277. The molecule has 0 saturated carbocycles. The molecule has 1 aromatic carbocycles. The third kappa shape index (κ3) is 3.69. The molecule has 1 aliphatic rings.